The zero-order valence-corrected chi connectivity index (χ0v) is 14.5. The highest BCUT2D eigenvalue weighted by molar-refractivity contribution is 6.30. The minimum atomic E-state index is 0.0175. The fourth-order valence-electron chi connectivity index (χ4n) is 3.08. The Kier molecular flexibility index (Phi) is 3.90. The number of halogens is 1. The van der Waals surface area contributed by atoms with Gasteiger partial charge in [-0.05, 0) is 48.9 Å². The van der Waals surface area contributed by atoms with E-state index in [1.165, 1.54) is 5.56 Å². The van der Waals surface area contributed by atoms with Crippen LogP contribution in [0.5, 0.6) is 0 Å². The van der Waals surface area contributed by atoms with Crippen LogP contribution in [0.3, 0.4) is 0 Å². The van der Waals surface area contributed by atoms with Crippen LogP contribution in [0.2, 0.25) is 5.02 Å². The van der Waals surface area contributed by atoms with Gasteiger partial charge in [-0.2, -0.15) is 0 Å². The molecule has 0 aliphatic rings. The Hall–Kier alpha value is -2.84. The van der Waals surface area contributed by atoms with Gasteiger partial charge in [0, 0.05) is 22.2 Å². The van der Waals surface area contributed by atoms with Gasteiger partial charge in [-0.25, -0.2) is 0 Å². The molecular weight excluding hydrogens is 330 g/mol. The molecule has 4 rings (SSSR count). The summed E-state index contributed by atoms with van der Waals surface area (Å²) in [6.45, 7) is 2.06. The predicted octanol–water partition coefficient (Wildman–Crippen LogP) is 5.62. The van der Waals surface area contributed by atoms with Gasteiger partial charge < -0.3 is 4.57 Å². The Morgan fingerprint density at radius 2 is 1.52 bits per heavy atom. The summed E-state index contributed by atoms with van der Waals surface area (Å²) in [5.74, 6) is 0. The number of rotatable bonds is 2. The van der Waals surface area contributed by atoms with Crippen molar-refractivity contribution >= 4 is 22.5 Å². The second-order valence-corrected chi connectivity index (χ2v) is 6.53. The van der Waals surface area contributed by atoms with E-state index in [4.69, 9.17) is 11.6 Å². The first kappa shape index (κ1) is 15.7. The van der Waals surface area contributed by atoms with E-state index in [2.05, 4.69) is 35.8 Å². The van der Waals surface area contributed by atoms with Gasteiger partial charge >= 0.3 is 0 Å². The molecule has 0 saturated carbocycles. The van der Waals surface area contributed by atoms with Crippen molar-refractivity contribution in [1.29, 1.82) is 0 Å². The first-order chi connectivity index (χ1) is 12.1. The summed E-state index contributed by atoms with van der Waals surface area (Å²) < 4.78 is 2.12. The Bertz CT molecular complexity index is 1110. The van der Waals surface area contributed by atoms with Gasteiger partial charge in [0.15, 0.2) is 5.43 Å². The fraction of sp³-hybridized carbons (Fsp3) is 0.0455. The predicted molar refractivity (Wildman–Crippen MR) is 105 cm³/mol. The van der Waals surface area contributed by atoms with Crippen molar-refractivity contribution in [2.24, 2.45) is 0 Å². The topological polar surface area (TPSA) is 22.0 Å². The summed E-state index contributed by atoms with van der Waals surface area (Å²) >= 11 is 6.03. The number of benzene rings is 3. The number of hydrogen-bond donors (Lipinski definition) is 0. The summed E-state index contributed by atoms with van der Waals surface area (Å²) in [7, 11) is 0. The Morgan fingerprint density at radius 1 is 0.840 bits per heavy atom. The lowest BCUT2D eigenvalue weighted by Gasteiger charge is -2.17. The molecule has 0 radical (unpaired) electrons. The van der Waals surface area contributed by atoms with E-state index in [1.807, 2.05) is 48.5 Å². The molecule has 25 heavy (non-hydrogen) atoms. The number of pyridine rings is 1. The van der Waals surface area contributed by atoms with Gasteiger partial charge in [-0.3, -0.25) is 4.79 Å². The first-order valence-corrected chi connectivity index (χ1v) is 8.49. The third-order valence-corrected chi connectivity index (χ3v) is 4.60. The van der Waals surface area contributed by atoms with Crippen molar-refractivity contribution < 1.29 is 0 Å². The monoisotopic (exact) mass is 345 g/mol. The minimum Gasteiger partial charge on any atom is -0.309 e. The lowest BCUT2D eigenvalue weighted by atomic mass is 10.1. The highest BCUT2D eigenvalue weighted by atomic mass is 35.5. The van der Waals surface area contributed by atoms with Crippen LogP contribution in [0.4, 0.5) is 0 Å². The van der Waals surface area contributed by atoms with Gasteiger partial charge in [-0.1, -0.05) is 53.6 Å². The van der Waals surface area contributed by atoms with Gasteiger partial charge in [0.05, 0.1) is 11.2 Å². The molecule has 0 bridgehead atoms. The lowest BCUT2D eigenvalue weighted by molar-refractivity contribution is 1.10. The van der Waals surface area contributed by atoms with E-state index >= 15 is 0 Å². The largest absolute Gasteiger partial charge is 0.309 e. The molecule has 0 aliphatic carbocycles. The lowest BCUT2D eigenvalue weighted by Crippen LogP contribution is -2.10. The number of aryl methyl sites for hydroxylation is 1. The molecule has 0 aliphatic heterocycles. The Labute approximate surface area is 150 Å². The van der Waals surface area contributed by atoms with Crippen LogP contribution in [-0.2, 0) is 0 Å². The minimum absolute atomic E-state index is 0.0175. The summed E-state index contributed by atoms with van der Waals surface area (Å²) in [6.07, 6.45) is 0. The summed E-state index contributed by atoms with van der Waals surface area (Å²) in [5.41, 5.74) is 4.93. The third kappa shape index (κ3) is 2.86. The summed E-state index contributed by atoms with van der Waals surface area (Å²) in [6, 6.07) is 25.3. The zero-order chi connectivity index (χ0) is 17.4. The number of hydrogen-bond acceptors (Lipinski definition) is 1. The molecule has 0 atom stereocenters. The van der Waals surface area contributed by atoms with E-state index in [-0.39, 0.29) is 5.43 Å². The fourth-order valence-corrected chi connectivity index (χ4v) is 3.20. The van der Waals surface area contributed by atoms with Gasteiger partial charge in [0.2, 0.25) is 0 Å². The second-order valence-electron chi connectivity index (χ2n) is 6.09. The average molecular weight is 346 g/mol. The third-order valence-electron chi connectivity index (χ3n) is 4.35. The Morgan fingerprint density at radius 3 is 2.24 bits per heavy atom. The molecule has 2 nitrogen and oxygen atoms in total. The first-order valence-electron chi connectivity index (χ1n) is 8.11. The highest BCUT2D eigenvalue weighted by Gasteiger charge is 2.12. The highest BCUT2D eigenvalue weighted by Crippen LogP contribution is 2.27. The van der Waals surface area contributed by atoms with Crippen molar-refractivity contribution in [2.45, 2.75) is 6.92 Å². The smallest absolute Gasteiger partial charge is 0.190 e. The molecular formula is C22H16ClNO. The van der Waals surface area contributed by atoms with Crippen molar-refractivity contribution in [2.75, 3.05) is 0 Å². The van der Waals surface area contributed by atoms with Crippen LogP contribution in [0, 0.1) is 6.92 Å². The van der Waals surface area contributed by atoms with Crippen LogP contribution in [0.15, 0.2) is 83.7 Å². The van der Waals surface area contributed by atoms with Crippen molar-refractivity contribution in [3.8, 4) is 16.9 Å². The second kappa shape index (κ2) is 6.23. The van der Waals surface area contributed by atoms with Gasteiger partial charge in [0.25, 0.3) is 0 Å². The van der Waals surface area contributed by atoms with Crippen LogP contribution >= 0.6 is 11.6 Å². The Balaban J connectivity index is 2.11. The van der Waals surface area contributed by atoms with E-state index in [0.717, 1.165) is 22.5 Å². The maximum atomic E-state index is 12.6. The van der Waals surface area contributed by atoms with Crippen LogP contribution in [0.25, 0.3) is 27.8 Å². The van der Waals surface area contributed by atoms with Gasteiger partial charge in [0.1, 0.15) is 0 Å². The number of para-hydroxylation sites is 1. The summed E-state index contributed by atoms with van der Waals surface area (Å²) in [4.78, 5) is 12.6. The van der Waals surface area contributed by atoms with Crippen molar-refractivity contribution in [3.63, 3.8) is 0 Å². The average Bonchev–Trinajstić information content (AvgIpc) is 2.63. The molecule has 0 saturated heterocycles. The molecule has 0 spiro atoms. The maximum absolute atomic E-state index is 12.6. The molecule has 3 heteroatoms. The molecule has 0 amide bonds. The SMILES string of the molecule is Cc1ccc(-n2c(-c3ccc(Cl)cc3)cc(=O)c3ccccc32)cc1. The normalized spacial score (nSPS) is 11.0. The molecule has 0 fully saturated rings. The van der Waals surface area contributed by atoms with Crippen LogP contribution in [-0.4, -0.2) is 4.57 Å². The molecule has 1 heterocycles. The quantitative estimate of drug-likeness (QED) is 0.462. The van der Waals surface area contributed by atoms with Crippen molar-refractivity contribution in [1.82, 2.24) is 4.57 Å². The van der Waals surface area contributed by atoms with E-state index < -0.39 is 0 Å². The molecule has 1 aromatic heterocycles. The zero-order valence-electron chi connectivity index (χ0n) is 13.7. The molecule has 4 aromatic rings. The van der Waals surface area contributed by atoms with Gasteiger partial charge in [-0.15, -0.1) is 0 Å². The van der Waals surface area contributed by atoms with E-state index in [0.29, 0.717) is 10.4 Å². The van der Waals surface area contributed by atoms with E-state index in [9.17, 15) is 4.79 Å². The van der Waals surface area contributed by atoms with Crippen molar-refractivity contribution in [3.05, 3.63) is 99.7 Å². The standard InChI is InChI=1S/C22H16ClNO/c1-15-6-12-18(13-7-15)24-20-5-3-2-4-19(20)22(25)14-21(24)16-8-10-17(23)11-9-16/h2-14H,1H3. The summed E-state index contributed by atoms with van der Waals surface area (Å²) in [5, 5.41) is 1.38. The molecule has 3 aromatic carbocycles. The molecule has 0 N–H and O–H groups in total. The number of nitrogens with zero attached hydrogens (tertiary/aromatic N) is 1. The number of aromatic nitrogens is 1. The molecule has 0 unspecified atom stereocenters. The van der Waals surface area contributed by atoms with E-state index in [1.54, 1.807) is 6.07 Å². The van der Waals surface area contributed by atoms with Crippen LogP contribution in [0.1, 0.15) is 5.56 Å². The maximum Gasteiger partial charge on any atom is 0.190 e. The van der Waals surface area contributed by atoms with Crippen LogP contribution < -0.4 is 5.43 Å². The molecule has 122 valence electrons. The number of fused-ring (bicyclic) bond motifs is 1.